The molecule has 0 saturated heterocycles. The van der Waals surface area contributed by atoms with Crippen LogP contribution in [-0.4, -0.2) is 4.98 Å². The standard InChI is InChI=1S/C14H8N2S/c15-8-10-2-1-3-11(6-10)12-4-5-13-14(7-12)17-9-16-13/h1-7,9H. The second kappa shape index (κ2) is 4.00. The third kappa shape index (κ3) is 1.79. The molecule has 3 rings (SSSR count). The zero-order chi connectivity index (χ0) is 11.7. The first kappa shape index (κ1) is 10.0. The van der Waals surface area contributed by atoms with Crippen molar-refractivity contribution in [3.63, 3.8) is 0 Å². The molecule has 0 spiro atoms. The number of thiazole rings is 1. The molecular weight excluding hydrogens is 228 g/mol. The molecule has 0 unspecified atom stereocenters. The average molecular weight is 236 g/mol. The highest BCUT2D eigenvalue weighted by molar-refractivity contribution is 7.16. The summed E-state index contributed by atoms with van der Waals surface area (Å²) >= 11 is 1.63. The van der Waals surface area contributed by atoms with Gasteiger partial charge in [0.15, 0.2) is 0 Å². The van der Waals surface area contributed by atoms with Crippen LogP contribution in [0.2, 0.25) is 0 Å². The Morgan fingerprint density at radius 1 is 1.06 bits per heavy atom. The number of nitriles is 1. The molecule has 17 heavy (non-hydrogen) atoms. The monoisotopic (exact) mass is 236 g/mol. The first-order valence-electron chi connectivity index (χ1n) is 5.20. The number of aromatic nitrogens is 1. The van der Waals surface area contributed by atoms with Crippen molar-refractivity contribution in [3.8, 4) is 17.2 Å². The van der Waals surface area contributed by atoms with Gasteiger partial charge in [0.2, 0.25) is 0 Å². The summed E-state index contributed by atoms with van der Waals surface area (Å²) in [5.41, 5.74) is 5.75. The van der Waals surface area contributed by atoms with Gasteiger partial charge in [0.1, 0.15) is 0 Å². The lowest BCUT2D eigenvalue weighted by Crippen LogP contribution is -1.79. The molecule has 80 valence electrons. The van der Waals surface area contributed by atoms with Gasteiger partial charge in [-0.1, -0.05) is 18.2 Å². The van der Waals surface area contributed by atoms with Crippen LogP contribution >= 0.6 is 11.3 Å². The lowest BCUT2D eigenvalue weighted by molar-refractivity contribution is 1.48. The predicted octanol–water partition coefficient (Wildman–Crippen LogP) is 3.83. The average Bonchev–Trinajstić information content (AvgIpc) is 2.86. The maximum absolute atomic E-state index is 8.89. The Morgan fingerprint density at radius 3 is 2.82 bits per heavy atom. The van der Waals surface area contributed by atoms with Crippen LogP contribution < -0.4 is 0 Å². The van der Waals surface area contributed by atoms with E-state index in [1.807, 2.05) is 41.9 Å². The summed E-state index contributed by atoms with van der Waals surface area (Å²) in [6, 6.07) is 16.0. The summed E-state index contributed by atoms with van der Waals surface area (Å²) in [7, 11) is 0. The van der Waals surface area contributed by atoms with E-state index < -0.39 is 0 Å². The van der Waals surface area contributed by atoms with Crippen LogP contribution in [0.25, 0.3) is 21.3 Å². The van der Waals surface area contributed by atoms with Crippen molar-refractivity contribution in [3.05, 3.63) is 53.5 Å². The van der Waals surface area contributed by atoms with Crippen LogP contribution in [0.3, 0.4) is 0 Å². The number of benzene rings is 2. The molecule has 0 fully saturated rings. The third-order valence-corrected chi connectivity index (χ3v) is 3.45. The molecule has 0 bridgehead atoms. The number of nitrogens with zero attached hydrogens (tertiary/aromatic N) is 2. The van der Waals surface area contributed by atoms with Gasteiger partial charge in [0.05, 0.1) is 27.4 Å². The van der Waals surface area contributed by atoms with Gasteiger partial charge in [0, 0.05) is 0 Å². The summed E-state index contributed by atoms with van der Waals surface area (Å²) in [4.78, 5) is 4.25. The Kier molecular flexibility index (Phi) is 2.36. The fraction of sp³-hybridized carbons (Fsp3) is 0. The second-order valence-corrected chi connectivity index (χ2v) is 4.61. The molecule has 0 N–H and O–H groups in total. The van der Waals surface area contributed by atoms with Gasteiger partial charge in [-0.25, -0.2) is 4.98 Å². The van der Waals surface area contributed by atoms with Gasteiger partial charge < -0.3 is 0 Å². The van der Waals surface area contributed by atoms with Gasteiger partial charge in [-0.3, -0.25) is 0 Å². The van der Waals surface area contributed by atoms with E-state index in [0.717, 1.165) is 16.6 Å². The molecule has 3 aromatic rings. The number of hydrogen-bond acceptors (Lipinski definition) is 3. The van der Waals surface area contributed by atoms with Gasteiger partial charge in [-0.2, -0.15) is 5.26 Å². The van der Waals surface area contributed by atoms with E-state index in [2.05, 4.69) is 17.1 Å². The van der Waals surface area contributed by atoms with E-state index in [0.29, 0.717) is 5.56 Å². The zero-order valence-corrected chi connectivity index (χ0v) is 9.74. The molecule has 0 saturated carbocycles. The van der Waals surface area contributed by atoms with E-state index in [9.17, 15) is 0 Å². The van der Waals surface area contributed by atoms with Crippen molar-refractivity contribution in [2.24, 2.45) is 0 Å². The second-order valence-electron chi connectivity index (χ2n) is 3.73. The van der Waals surface area contributed by atoms with Crippen molar-refractivity contribution < 1.29 is 0 Å². The lowest BCUT2D eigenvalue weighted by Gasteiger charge is -2.01. The van der Waals surface area contributed by atoms with Gasteiger partial charge in [0.25, 0.3) is 0 Å². The van der Waals surface area contributed by atoms with Gasteiger partial charge in [-0.05, 0) is 35.4 Å². The SMILES string of the molecule is N#Cc1cccc(-c2ccc3ncsc3c2)c1. The number of fused-ring (bicyclic) bond motifs is 1. The molecule has 1 heterocycles. The van der Waals surface area contributed by atoms with Crippen LogP contribution in [0, 0.1) is 11.3 Å². The van der Waals surface area contributed by atoms with E-state index in [4.69, 9.17) is 5.26 Å². The normalized spacial score (nSPS) is 10.3. The van der Waals surface area contributed by atoms with E-state index >= 15 is 0 Å². The van der Waals surface area contributed by atoms with Crippen molar-refractivity contribution in [2.75, 3.05) is 0 Å². The Labute approximate surface area is 103 Å². The summed E-state index contributed by atoms with van der Waals surface area (Å²) in [5.74, 6) is 0. The Balaban J connectivity index is 2.16. The zero-order valence-electron chi connectivity index (χ0n) is 8.92. The molecule has 0 atom stereocenters. The summed E-state index contributed by atoms with van der Waals surface area (Å²) in [5, 5.41) is 8.89. The van der Waals surface area contributed by atoms with Crippen LogP contribution in [0.1, 0.15) is 5.56 Å². The maximum Gasteiger partial charge on any atom is 0.0991 e. The first-order valence-corrected chi connectivity index (χ1v) is 6.08. The molecule has 0 aliphatic rings. The molecule has 0 aliphatic heterocycles. The quantitative estimate of drug-likeness (QED) is 0.643. The molecule has 0 aliphatic carbocycles. The molecule has 2 nitrogen and oxygen atoms in total. The molecule has 3 heteroatoms. The third-order valence-electron chi connectivity index (χ3n) is 2.66. The smallest absolute Gasteiger partial charge is 0.0991 e. The van der Waals surface area contributed by atoms with Crippen molar-refractivity contribution in [2.45, 2.75) is 0 Å². The largest absolute Gasteiger partial charge is 0.245 e. The summed E-state index contributed by atoms with van der Waals surface area (Å²) < 4.78 is 1.17. The predicted molar refractivity (Wildman–Crippen MR) is 69.8 cm³/mol. The van der Waals surface area contributed by atoms with Crippen LogP contribution in [-0.2, 0) is 0 Å². The lowest BCUT2D eigenvalue weighted by atomic mass is 10.0. The van der Waals surface area contributed by atoms with Crippen LogP contribution in [0.15, 0.2) is 48.0 Å². The fourth-order valence-electron chi connectivity index (χ4n) is 1.80. The van der Waals surface area contributed by atoms with Crippen LogP contribution in [0.5, 0.6) is 0 Å². The highest BCUT2D eigenvalue weighted by Crippen LogP contribution is 2.26. The highest BCUT2D eigenvalue weighted by Gasteiger charge is 2.02. The topological polar surface area (TPSA) is 36.7 Å². The minimum absolute atomic E-state index is 0.687. The van der Waals surface area contributed by atoms with E-state index in [1.54, 1.807) is 11.3 Å². The molecule has 0 radical (unpaired) electrons. The Hall–Kier alpha value is -2.18. The Morgan fingerprint density at radius 2 is 1.94 bits per heavy atom. The van der Waals surface area contributed by atoms with Crippen molar-refractivity contribution in [1.82, 2.24) is 4.98 Å². The minimum Gasteiger partial charge on any atom is -0.245 e. The summed E-state index contributed by atoms with van der Waals surface area (Å²) in [6.07, 6.45) is 0. The van der Waals surface area contributed by atoms with E-state index in [-0.39, 0.29) is 0 Å². The van der Waals surface area contributed by atoms with Crippen molar-refractivity contribution >= 4 is 21.6 Å². The molecule has 2 aromatic carbocycles. The number of rotatable bonds is 1. The first-order chi connectivity index (χ1) is 8.36. The van der Waals surface area contributed by atoms with Crippen LogP contribution in [0.4, 0.5) is 0 Å². The highest BCUT2D eigenvalue weighted by atomic mass is 32.1. The molecule has 1 aromatic heterocycles. The Bertz CT molecular complexity index is 722. The molecular formula is C14H8N2S. The molecule has 0 amide bonds. The minimum atomic E-state index is 0.687. The number of hydrogen-bond donors (Lipinski definition) is 0. The van der Waals surface area contributed by atoms with Gasteiger partial charge >= 0.3 is 0 Å². The fourth-order valence-corrected chi connectivity index (χ4v) is 2.52. The van der Waals surface area contributed by atoms with Crippen molar-refractivity contribution in [1.29, 1.82) is 5.26 Å². The maximum atomic E-state index is 8.89. The summed E-state index contributed by atoms with van der Waals surface area (Å²) in [6.45, 7) is 0. The van der Waals surface area contributed by atoms with E-state index in [1.165, 1.54) is 4.70 Å². The van der Waals surface area contributed by atoms with Gasteiger partial charge in [-0.15, -0.1) is 11.3 Å².